The number of nitrogens with two attached hydrogens (primary N) is 1. The number of benzene rings is 1. The van der Waals surface area contributed by atoms with Gasteiger partial charge in [0.05, 0.1) is 5.69 Å². The second kappa shape index (κ2) is 5.48. The molecular formula is C15H18ClFN4. The van der Waals surface area contributed by atoms with E-state index in [9.17, 15) is 4.39 Å². The van der Waals surface area contributed by atoms with Crippen LogP contribution < -0.4 is 11.1 Å². The number of nitrogen functional groups attached to an aromatic ring is 1. The summed E-state index contributed by atoms with van der Waals surface area (Å²) in [4.78, 5) is 8.76. The van der Waals surface area contributed by atoms with Gasteiger partial charge in [0.1, 0.15) is 23.3 Å². The molecule has 0 radical (unpaired) electrons. The number of aromatic nitrogens is 2. The van der Waals surface area contributed by atoms with Gasteiger partial charge in [0.15, 0.2) is 0 Å². The van der Waals surface area contributed by atoms with Crippen LogP contribution in [0.2, 0.25) is 5.02 Å². The van der Waals surface area contributed by atoms with Crippen LogP contribution in [-0.4, -0.2) is 9.97 Å². The maximum Gasteiger partial charge on any atom is 0.148 e. The zero-order chi connectivity index (χ0) is 15.8. The lowest BCUT2D eigenvalue weighted by Gasteiger charge is -2.20. The van der Waals surface area contributed by atoms with Crippen molar-refractivity contribution in [2.75, 3.05) is 11.1 Å². The summed E-state index contributed by atoms with van der Waals surface area (Å²) in [5.41, 5.74) is 6.64. The van der Waals surface area contributed by atoms with E-state index in [2.05, 4.69) is 15.3 Å². The molecule has 0 saturated heterocycles. The number of anilines is 3. The van der Waals surface area contributed by atoms with Gasteiger partial charge in [0.25, 0.3) is 0 Å². The molecule has 6 heteroatoms. The molecule has 21 heavy (non-hydrogen) atoms. The van der Waals surface area contributed by atoms with Gasteiger partial charge in [-0.05, 0) is 25.1 Å². The minimum Gasteiger partial charge on any atom is -0.383 e. The molecule has 0 atom stereocenters. The molecule has 0 aliphatic rings. The van der Waals surface area contributed by atoms with E-state index in [1.54, 1.807) is 19.1 Å². The highest BCUT2D eigenvalue weighted by atomic mass is 35.5. The average molecular weight is 309 g/mol. The molecule has 4 nitrogen and oxygen atoms in total. The van der Waals surface area contributed by atoms with Crippen molar-refractivity contribution in [1.29, 1.82) is 0 Å². The van der Waals surface area contributed by atoms with Gasteiger partial charge in [0.2, 0.25) is 0 Å². The number of rotatable bonds is 2. The van der Waals surface area contributed by atoms with Crippen molar-refractivity contribution in [1.82, 2.24) is 9.97 Å². The van der Waals surface area contributed by atoms with Crippen molar-refractivity contribution < 1.29 is 4.39 Å². The molecule has 0 fully saturated rings. The lowest BCUT2D eigenvalue weighted by molar-refractivity contribution is 0.546. The standard InChI is InChI=1S/C15H18ClFN4/c1-8-12(18)20-14(15(2,3)4)21-13(8)19-11-6-5-9(16)7-10(11)17/h5-7H,1-4H3,(H3,18,19,20,21). The van der Waals surface area contributed by atoms with Crippen LogP contribution in [0.15, 0.2) is 18.2 Å². The second-order valence-corrected chi connectivity index (χ2v) is 6.34. The molecule has 1 aromatic heterocycles. The third kappa shape index (κ3) is 3.42. The molecule has 1 aromatic carbocycles. The van der Waals surface area contributed by atoms with E-state index in [4.69, 9.17) is 17.3 Å². The Bertz CT molecular complexity index is 680. The van der Waals surface area contributed by atoms with Gasteiger partial charge < -0.3 is 11.1 Å². The molecule has 0 amide bonds. The zero-order valence-electron chi connectivity index (χ0n) is 12.5. The minimum absolute atomic E-state index is 0.253. The lowest BCUT2D eigenvalue weighted by Crippen LogP contribution is -2.19. The Balaban J connectivity index is 2.46. The molecule has 2 rings (SSSR count). The molecule has 1 heterocycles. The molecule has 0 unspecified atom stereocenters. The monoisotopic (exact) mass is 308 g/mol. The predicted octanol–water partition coefficient (Wildman–Crippen LogP) is 4.20. The van der Waals surface area contributed by atoms with Crippen molar-refractivity contribution in [3.05, 3.63) is 40.4 Å². The fourth-order valence-corrected chi connectivity index (χ4v) is 1.87. The smallest absolute Gasteiger partial charge is 0.148 e. The molecule has 0 bridgehead atoms. The number of hydrogen-bond acceptors (Lipinski definition) is 4. The average Bonchev–Trinajstić information content (AvgIpc) is 2.36. The maximum atomic E-state index is 13.9. The molecule has 112 valence electrons. The van der Waals surface area contributed by atoms with Crippen LogP contribution in [0.25, 0.3) is 0 Å². The first kappa shape index (κ1) is 15.5. The van der Waals surface area contributed by atoms with E-state index in [1.807, 2.05) is 20.8 Å². The van der Waals surface area contributed by atoms with Crippen molar-refractivity contribution in [3.63, 3.8) is 0 Å². The molecule has 0 spiro atoms. The van der Waals surface area contributed by atoms with Gasteiger partial charge in [-0.3, -0.25) is 0 Å². The van der Waals surface area contributed by atoms with Crippen molar-refractivity contribution in [3.8, 4) is 0 Å². The van der Waals surface area contributed by atoms with Gasteiger partial charge in [-0.2, -0.15) is 0 Å². The quantitative estimate of drug-likeness (QED) is 0.872. The van der Waals surface area contributed by atoms with Crippen LogP contribution in [0, 0.1) is 12.7 Å². The van der Waals surface area contributed by atoms with Crippen molar-refractivity contribution in [2.24, 2.45) is 0 Å². The third-order valence-corrected chi connectivity index (χ3v) is 3.27. The van der Waals surface area contributed by atoms with E-state index in [-0.39, 0.29) is 5.41 Å². The van der Waals surface area contributed by atoms with Crippen molar-refractivity contribution >= 4 is 28.9 Å². The van der Waals surface area contributed by atoms with Gasteiger partial charge in [0, 0.05) is 16.0 Å². The highest BCUT2D eigenvalue weighted by Crippen LogP contribution is 2.28. The summed E-state index contributed by atoms with van der Waals surface area (Å²) in [6.07, 6.45) is 0. The number of halogens is 2. The Morgan fingerprint density at radius 2 is 1.90 bits per heavy atom. The first-order chi connectivity index (χ1) is 9.68. The normalized spacial score (nSPS) is 11.5. The summed E-state index contributed by atoms with van der Waals surface area (Å²) in [6, 6.07) is 4.41. The third-order valence-electron chi connectivity index (χ3n) is 3.04. The van der Waals surface area contributed by atoms with Crippen LogP contribution in [0.3, 0.4) is 0 Å². The first-order valence-electron chi connectivity index (χ1n) is 6.55. The number of hydrogen-bond donors (Lipinski definition) is 2. The summed E-state index contributed by atoms with van der Waals surface area (Å²) in [5.74, 6) is 1.03. The highest BCUT2D eigenvalue weighted by Gasteiger charge is 2.20. The number of nitrogens with one attached hydrogen (secondary N) is 1. The fraction of sp³-hybridized carbons (Fsp3) is 0.333. The SMILES string of the molecule is Cc1c(N)nc(C(C)(C)C)nc1Nc1ccc(Cl)cc1F. The van der Waals surface area contributed by atoms with Gasteiger partial charge in [-0.15, -0.1) is 0 Å². The van der Waals surface area contributed by atoms with Gasteiger partial charge in [-0.1, -0.05) is 32.4 Å². The minimum atomic E-state index is -0.448. The van der Waals surface area contributed by atoms with Crippen LogP contribution in [0.5, 0.6) is 0 Å². The van der Waals surface area contributed by atoms with Crippen LogP contribution in [0.4, 0.5) is 21.7 Å². The molecule has 2 aromatic rings. The lowest BCUT2D eigenvalue weighted by atomic mass is 9.95. The first-order valence-corrected chi connectivity index (χ1v) is 6.93. The molecule has 0 aliphatic heterocycles. The van der Waals surface area contributed by atoms with Crippen LogP contribution in [0.1, 0.15) is 32.2 Å². The van der Waals surface area contributed by atoms with Gasteiger partial charge in [-0.25, -0.2) is 14.4 Å². The fourth-order valence-electron chi connectivity index (χ4n) is 1.71. The molecular weight excluding hydrogens is 291 g/mol. The topological polar surface area (TPSA) is 63.8 Å². The van der Waals surface area contributed by atoms with Gasteiger partial charge >= 0.3 is 0 Å². The van der Waals surface area contributed by atoms with E-state index in [1.165, 1.54) is 6.07 Å². The van der Waals surface area contributed by atoms with Crippen LogP contribution in [-0.2, 0) is 5.41 Å². The molecule has 3 N–H and O–H groups in total. The summed E-state index contributed by atoms with van der Waals surface area (Å²) in [7, 11) is 0. The summed E-state index contributed by atoms with van der Waals surface area (Å²) < 4.78 is 13.9. The second-order valence-electron chi connectivity index (χ2n) is 5.91. The Morgan fingerprint density at radius 1 is 1.24 bits per heavy atom. The summed E-state index contributed by atoms with van der Waals surface area (Å²) in [6.45, 7) is 7.76. The van der Waals surface area contributed by atoms with E-state index >= 15 is 0 Å². The Hall–Kier alpha value is -1.88. The van der Waals surface area contributed by atoms with E-state index in [0.717, 1.165) is 0 Å². The van der Waals surface area contributed by atoms with Crippen molar-refractivity contribution in [2.45, 2.75) is 33.1 Å². The summed E-state index contributed by atoms with van der Waals surface area (Å²) in [5, 5.41) is 3.30. The van der Waals surface area contributed by atoms with E-state index < -0.39 is 5.82 Å². The molecule has 0 aliphatic carbocycles. The Kier molecular flexibility index (Phi) is 4.05. The van der Waals surface area contributed by atoms with E-state index in [0.29, 0.717) is 33.7 Å². The molecule has 0 saturated carbocycles. The Morgan fingerprint density at radius 3 is 2.48 bits per heavy atom. The largest absolute Gasteiger partial charge is 0.383 e. The number of nitrogens with zero attached hydrogens (tertiary/aromatic N) is 2. The highest BCUT2D eigenvalue weighted by molar-refractivity contribution is 6.30. The zero-order valence-corrected chi connectivity index (χ0v) is 13.2. The van der Waals surface area contributed by atoms with Crippen LogP contribution >= 0.6 is 11.6 Å². The Labute approximate surface area is 128 Å². The predicted molar refractivity (Wildman–Crippen MR) is 84.6 cm³/mol. The maximum absolute atomic E-state index is 13.9. The summed E-state index contributed by atoms with van der Waals surface area (Å²) >= 11 is 5.75.